The van der Waals surface area contributed by atoms with Crippen LogP contribution in [0.15, 0.2) is 12.2 Å². The molecule has 0 spiro atoms. The molecule has 0 saturated heterocycles. The minimum atomic E-state index is -0.864. The number of hydrogen-bond acceptors (Lipinski definition) is 1. The van der Waals surface area contributed by atoms with Gasteiger partial charge in [0.2, 0.25) is 0 Å². The summed E-state index contributed by atoms with van der Waals surface area (Å²) in [6.07, 6.45) is 5.31. The second-order valence-electron chi connectivity index (χ2n) is 4.18. The van der Waals surface area contributed by atoms with Gasteiger partial charge in [0.25, 0.3) is 0 Å². The summed E-state index contributed by atoms with van der Waals surface area (Å²) >= 11 is 0. The molecule has 0 amide bonds. The topological polar surface area (TPSA) is 37.3 Å². The Bertz CT molecular complexity index is 192. The third-order valence-electron chi connectivity index (χ3n) is 2.65. The maximum absolute atomic E-state index is 10.3. The average molecular weight is 184 g/mol. The van der Waals surface area contributed by atoms with Gasteiger partial charge in [-0.15, -0.1) is 0 Å². The summed E-state index contributed by atoms with van der Waals surface area (Å²) in [6.45, 7) is 8.46. The highest BCUT2D eigenvalue weighted by atomic mass is 16.4. The minimum absolute atomic E-state index is 0.0194. The van der Waals surface area contributed by atoms with Crippen LogP contribution in [0.25, 0.3) is 0 Å². The Morgan fingerprint density at radius 2 is 2.08 bits per heavy atom. The standard InChI is InChI=1S/C11H20O2/c1-5-6-9(2)11(3,4)8-7-10(12)13/h7-9H,5-6H2,1-4H3,(H,12,13). The molecule has 0 bridgehead atoms. The molecule has 1 unspecified atom stereocenters. The molecule has 1 atom stereocenters. The zero-order valence-corrected chi connectivity index (χ0v) is 9.00. The minimum Gasteiger partial charge on any atom is -0.478 e. The summed E-state index contributed by atoms with van der Waals surface area (Å²) in [4.78, 5) is 10.3. The molecule has 0 aliphatic heterocycles. The van der Waals surface area contributed by atoms with E-state index < -0.39 is 5.97 Å². The van der Waals surface area contributed by atoms with Gasteiger partial charge < -0.3 is 5.11 Å². The van der Waals surface area contributed by atoms with Gasteiger partial charge in [0.05, 0.1) is 0 Å². The van der Waals surface area contributed by atoms with Crippen LogP contribution in [0.5, 0.6) is 0 Å². The lowest BCUT2D eigenvalue weighted by atomic mass is 9.77. The van der Waals surface area contributed by atoms with Crippen molar-refractivity contribution in [2.75, 3.05) is 0 Å². The van der Waals surface area contributed by atoms with Crippen molar-refractivity contribution in [3.05, 3.63) is 12.2 Å². The predicted octanol–water partition coefficient (Wildman–Crippen LogP) is 3.09. The lowest BCUT2D eigenvalue weighted by molar-refractivity contribution is -0.131. The van der Waals surface area contributed by atoms with Gasteiger partial charge in [0.1, 0.15) is 0 Å². The van der Waals surface area contributed by atoms with E-state index >= 15 is 0 Å². The quantitative estimate of drug-likeness (QED) is 0.667. The number of carboxylic acids is 1. The fraction of sp³-hybridized carbons (Fsp3) is 0.727. The first-order chi connectivity index (χ1) is 5.90. The van der Waals surface area contributed by atoms with Crippen LogP contribution in [0.3, 0.4) is 0 Å². The smallest absolute Gasteiger partial charge is 0.327 e. The lowest BCUT2D eigenvalue weighted by Crippen LogP contribution is -2.19. The monoisotopic (exact) mass is 184 g/mol. The molecule has 0 aliphatic rings. The third kappa shape index (κ3) is 4.71. The normalized spacial score (nSPS) is 14.8. The Morgan fingerprint density at radius 1 is 1.54 bits per heavy atom. The first kappa shape index (κ1) is 12.2. The maximum Gasteiger partial charge on any atom is 0.327 e. The fourth-order valence-electron chi connectivity index (χ4n) is 1.26. The second-order valence-corrected chi connectivity index (χ2v) is 4.18. The molecule has 1 N–H and O–H groups in total. The molecule has 0 aromatic heterocycles. The Kier molecular flexibility index (Phi) is 4.74. The number of aliphatic carboxylic acids is 1. The molecule has 2 heteroatoms. The van der Waals surface area contributed by atoms with Crippen LogP contribution in [0.4, 0.5) is 0 Å². The Hall–Kier alpha value is -0.790. The van der Waals surface area contributed by atoms with E-state index in [0.29, 0.717) is 5.92 Å². The Labute approximate surface area is 80.7 Å². The largest absolute Gasteiger partial charge is 0.478 e. The van der Waals surface area contributed by atoms with Gasteiger partial charge >= 0.3 is 5.97 Å². The molecular weight excluding hydrogens is 164 g/mol. The summed E-state index contributed by atoms with van der Waals surface area (Å²) in [5.74, 6) is -0.343. The number of rotatable bonds is 5. The molecule has 0 heterocycles. The van der Waals surface area contributed by atoms with E-state index in [9.17, 15) is 4.79 Å². The van der Waals surface area contributed by atoms with Crippen molar-refractivity contribution in [3.63, 3.8) is 0 Å². The summed E-state index contributed by atoms with van der Waals surface area (Å²) in [5.41, 5.74) is -0.0194. The molecule has 0 aromatic rings. The van der Waals surface area contributed by atoms with Gasteiger partial charge in [-0.1, -0.05) is 46.6 Å². The van der Waals surface area contributed by atoms with Crippen molar-refractivity contribution in [2.45, 2.75) is 40.5 Å². The molecule has 0 rings (SSSR count). The summed E-state index contributed by atoms with van der Waals surface area (Å²) in [5, 5.41) is 8.50. The van der Waals surface area contributed by atoms with E-state index in [2.05, 4.69) is 27.7 Å². The van der Waals surface area contributed by atoms with E-state index in [1.54, 1.807) is 6.08 Å². The number of carboxylic acid groups (broad SMARTS) is 1. The molecule has 0 fully saturated rings. The maximum atomic E-state index is 10.3. The van der Waals surface area contributed by atoms with Crippen molar-refractivity contribution in [3.8, 4) is 0 Å². The van der Waals surface area contributed by atoms with Crippen LogP contribution >= 0.6 is 0 Å². The van der Waals surface area contributed by atoms with Crippen molar-refractivity contribution >= 4 is 5.97 Å². The summed E-state index contributed by atoms with van der Waals surface area (Å²) in [7, 11) is 0. The zero-order chi connectivity index (χ0) is 10.5. The van der Waals surface area contributed by atoms with E-state index in [1.807, 2.05) is 0 Å². The number of carbonyl (C=O) groups is 1. The third-order valence-corrected chi connectivity index (χ3v) is 2.65. The first-order valence-corrected chi connectivity index (χ1v) is 4.82. The fourth-order valence-corrected chi connectivity index (χ4v) is 1.26. The highest BCUT2D eigenvalue weighted by Gasteiger charge is 2.21. The molecule has 76 valence electrons. The van der Waals surface area contributed by atoms with E-state index in [1.165, 1.54) is 6.08 Å². The highest BCUT2D eigenvalue weighted by Crippen LogP contribution is 2.31. The van der Waals surface area contributed by atoms with E-state index in [4.69, 9.17) is 5.11 Å². The molecule has 13 heavy (non-hydrogen) atoms. The van der Waals surface area contributed by atoms with Crippen molar-refractivity contribution in [2.24, 2.45) is 11.3 Å². The molecule has 0 saturated carbocycles. The van der Waals surface area contributed by atoms with Gasteiger partial charge in [-0.3, -0.25) is 0 Å². The highest BCUT2D eigenvalue weighted by molar-refractivity contribution is 5.79. The van der Waals surface area contributed by atoms with Crippen LogP contribution in [0.2, 0.25) is 0 Å². The van der Waals surface area contributed by atoms with Crippen LogP contribution in [-0.2, 0) is 4.79 Å². The van der Waals surface area contributed by atoms with Crippen LogP contribution in [0.1, 0.15) is 40.5 Å². The predicted molar refractivity (Wildman–Crippen MR) is 54.6 cm³/mol. The number of allylic oxidation sites excluding steroid dienone is 1. The van der Waals surface area contributed by atoms with Crippen LogP contribution in [-0.4, -0.2) is 11.1 Å². The Morgan fingerprint density at radius 3 is 2.46 bits per heavy atom. The van der Waals surface area contributed by atoms with Gasteiger partial charge in [-0.2, -0.15) is 0 Å². The molecule has 0 radical (unpaired) electrons. The first-order valence-electron chi connectivity index (χ1n) is 4.82. The van der Waals surface area contributed by atoms with E-state index in [-0.39, 0.29) is 5.41 Å². The van der Waals surface area contributed by atoms with Gasteiger partial charge in [-0.05, 0) is 11.3 Å². The van der Waals surface area contributed by atoms with Gasteiger partial charge in [0.15, 0.2) is 0 Å². The second kappa shape index (κ2) is 5.05. The molecule has 2 nitrogen and oxygen atoms in total. The average Bonchev–Trinajstić information content (AvgIpc) is 2.01. The van der Waals surface area contributed by atoms with Crippen LogP contribution < -0.4 is 0 Å². The van der Waals surface area contributed by atoms with Gasteiger partial charge in [0, 0.05) is 6.08 Å². The van der Waals surface area contributed by atoms with E-state index in [0.717, 1.165) is 12.8 Å². The van der Waals surface area contributed by atoms with Gasteiger partial charge in [-0.25, -0.2) is 4.79 Å². The van der Waals surface area contributed by atoms with Crippen molar-refractivity contribution in [1.82, 2.24) is 0 Å². The number of hydrogen-bond donors (Lipinski definition) is 1. The molecule has 0 aliphatic carbocycles. The molecule has 0 aromatic carbocycles. The van der Waals surface area contributed by atoms with Crippen molar-refractivity contribution < 1.29 is 9.90 Å². The lowest BCUT2D eigenvalue weighted by Gasteiger charge is -2.28. The molecular formula is C11H20O2. The SMILES string of the molecule is CCCC(C)C(C)(C)C=CC(=O)O. The zero-order valence-electron chi connectivity index (χ0n) is 9.00. The summed E-state index contributed by atoms with van der Waals surface area (Å²) in [6, 6.07) is 0. The Balaban J connectivity index is 4.28. The van der Waals surface area contributed by atoms with Crippen molar-refractivity contribution in [1.29, 1.82) is 0 Å². The van der Waals surface area contributed by atoms with Crippen LogP contribution in [0, 0.1) is 11.3 Å². The summed E-state index contributed by atoms with van der Waals surface area (Å²) < 4.78 is 0.